The van der Waals surface area contributed by atoms with Crippen molar-refractivity contribution in [3.63, 3.8) is 0 Å². The normalized spacial score (nSPS) is 11.6. The minimum atomic E-state index is -0.593. The number of anilines is 1. The lowest BCUT2D eigenvalue weighted by Gasteiger charge is -2.19. The van der Waals surface area contributed by atoms with Gasteiger partial charge in [-0.25, -0.2) is 9.78 Å². The van der Waals surface area contributed by atoms with Crippen LogP contribution in [-0.4, -0.2) is 31.4 Å². The molecule has 3 aromatic heterocycles. The summed E-state index contributed by atoms with van der Waals surface area (Å²) in [5.74, 6) is 0.389. The smallest absolute Gasteiger partial charge is 0.413 e. The van der Waals surface area contributed by atoms with E-state index < -0.39 is 11.7 Å². The number of amides is 1. The molecule has 3 aromatic rings. The number of halogens is 1. The van der Waals surface area contributed by atoms with Crippen molar-refractivity contribution in [2.24, 2.45) is 7.05 Å². The second kappa shape index (κ2) is 6.33. The van der Waals surface area contributed by atoms with Gasteiger partial charge in [0.2, 0.25) is 0 Å². The molecule has 0 radical (unpaired) electrons. The lowest BCUT2D eigenvalue weighted by molar-refractivity contribution is 0.0635. The molecule has 3 heterocycles. The molecule has 0 saturated carbocycles. The van der Waals surface area contributed by atoms with E-state index in [0.717, 1.165) is 11.1 Å². The second-order valence-corrected chi connectivity index (χ2v) is 6.98. The summed E-state index contributed by atoms with van der Waals surface area (Å²) >= 11 is 5.95. The van der Waals surface area contributed by atoms with Gasteiger partial charge < -0.3 is 4.74 Å². The minimum Gasteiger partial charge on any atom is -0.444 e. The van der Waals surface area contributed by atoms with Crippen molar-refractivity contribution in [1.29, 1.82) is 0 Å². The van der Waals surface area contributed by atoms with Gasteiger partial charge in [-0.3, -0.25) is 15.0 Å². The molecule has 0 fully saturated rings. The molecular formula is C17H18ClN5O2. The molecule has 0 aromatic carbocycles. The molecule has 0 unspecified atom stereocenters. The van der Waals surface area contributed by atoms with E-state index in [4.69, 9.17) is 16.3 Å². The maximum absolute atomic E-state index is 12.0. The number of carbonyl (C=O) groups is 1. The van der Waals surface area contributed by atoms with E-state index in [-0.39, 0.29) is 0 Å². The van der Waals surface area contributed by atoms with Crippen molar-refractivity contribution in [3.05, 3.63) is 35.7 Å². The number of aromatic nitrogens is 4. The van der Waals surface area contributed by atoms with Gasteiger partial charge in [-0.2, -0.15) is 5.10 Å². The fourth-order valence-corrected chi connectivity index (χ4v) is 2.48. The van der Waals surface area contributed by atoms with E-state index in [1.54, 1.807) is 57.0 Å². The van der Waals surface area contributed by atoms with E-state index in [0.29, 0.717) is 22.1 Å². The fourth-order valence-electron chi connectivity index (χ4n) is 2.32. The van der Waals surface area contributed by atoms with E-state index in [2.05, 4.69) is 20.4 Å². The van der Waals surface area contributed by atoms with Gasteiger partial charge in [0, 0.05) is 30.6 Å². The summed E-state index contributed by atoms with van der Waals surface area (Å²) in [6.07, 6.45) is 2.93. The molecule has 1 N–H and O–H groups in total. The number of nitrogens with zero attached hydrogens (tertiary/aromatic N) is 4. The second-order valence-electron chi connectivity index (χ2n) is 6.59. The van der Waals surface area contributed by atoms with Crippen LogP contribution in [-0.2, 0) is 11.8 Å². The highest BCUT2D eigenvalue weighted by molar-refractivity contribution is 6.29. The van der Waals surface area contributed by atoms with Gasteiger partial charge in [-0.1, -0.05) is 11.6 Å². The van der Waals surface area contributed by atoms with Crippen molar-refractivity contribution in [2.75, 3.05) is 5.32 Å². The van der Waals surface area contributed by atoms with Crippen LogP contribution in [0.2, 0.25) is 5.15 Å². The molecule has 8 heteroatoms. The summed E-state index contributed by atoms with van der Waals surface area (Å²) < 4.78 is 6.89. The molecule has 1 amide bonds. The van der Waals surface area contributed by atoms with Crippen molar-refractivity contribution in [1.82, 2.24) is 19.7 Å². The number of nitrogens with one attached hydrogen (secondary N) is 1. The lowest BCUT2D eigenvalue weighted by Crippen LogP contribution is -2.27. The average molecular weight is 360 g/mol. The summed E-state index contributed by atoms with van der Waals surface area (Å²) in [4.78, 5) is 20.7. The quantitative estimate of drug-likeness (QED) is 0.698. The Kier molecular flexibility index (Phi) is 4.34. The van der Waals surface area contributed by atoms with Gasteiger partial charge in [0.05, 0.1) is 11.0 Å². The Morgan fingerprint density at radius 2 is 2.04 bits per heavy atom. The first kappa shape index (κ1) is 17.2. The maximum Gasteiger partial charge on any atom is 0.413 e. The SMILES string of the molecule is Cn1cc(-c2cnc3ccc(Cl)nc3c2)c(NC(=O)OC(C)(C)C)n1. The first-order valence-electron chi connectivity index (χ1n) is 7.67. The molecule has 0 aliphatic rings. The number of rotatable bonds is 2. The molecular weight excluding hydrogens is 342 g/mol. The standard InChI is InChI=1S/C17H18ClN5O2/c1-17(2,3)25-16(24)21-15-11(9-23(4)22-15)10-7-13-12(19-8-10)5-6-14(18)20-13/h5-9H,1-4H3,(H,21,22,24). The Labute approximate surface area is 150 Å². The number of pyridine rings is 2. The molecule has 130 valence electrons. The van der Waals surface area contributed by atoms with Gasteiger partial charge >= 0.3 is 6.09 Å². The van der Waals surface area contributed by atoms with Crippen LogP contribution >= 0.6 is 11.6 Å². The third-order valence-electron chi connectivity index (χ3n) is 3.26. The highest BCUT2D eigenvalue weighted by Gasteiger charge is 2.19. The fraction of sp³-hybridized carbons (Fsp3) is 0.294. The van der Waals surface area contributed by atoms with Crippen LogP contribution in [0.4, 0.5) is 10.6 Å². The van der Waals surface area contributed by atoms with E-state index in [1.807, 2.05) is 6.07 Å². The summed E-state index contributed by atoms with van der Waals surface area (Å²) in [6.45, 7) is 5.40. The Balaban J connectivity index is 1.96. The molecule has 0 spiro atoms. The molecule has 25 heavy (non-hydrogen) atoms. The van der Waals surface area contributed by atoms with E-state index in [9.17, 15) is 4.79 Å². The summed E-state index contributed by atoms with van der Waals surface area (Å²) in [5, 5.41) is 7.36. The number of hydrogen-bond donors (Lipinski definition) is 1. The summed E-state index contributed by atoms with van der Waals surface area (Å²) in [7, 11) is 1.77. The zero-order valence-corrected chi connectivity index (χ0v) is 15.1. The first-order chi connectivity index (χ1) is 11.7. The first-order valence-corrected chi connectivity index (χ1v) is 8.05. The Morgan fingerprint density at radius 3 is 2.76 bits per heavy atom. The van der Waals surface area contributed by atoms with Crippen LogP contribution in [0.5, 0.6) is 0 Å². The Morgan fingerprint density at radius 1 is 1.28 bits per heavy atom. The highest BCUT2D eigenvalue weighted by Crippen LogP contribution is 2.28. The minimum absolute atomic E-state index is 0.389. The van der Waals surface area contributed by atoms with Crippen LogP contribution in [0.25, 0.3) is 22.2 Å². The molecule has 0 atom stereocenters. The van der Waals surface area contributed by atoms with Gasteiger partial charge in [0.1, 0.15) is 10.8 Å². The molecule has 0 aliphatic carbocycles. The number of carbonyl (C=O) groups excluding carboxylic acids is 1. The third kappa shape index (κ3) is 4.06. The zero-order chi connectivity index (χ0) is 18.2. The number of ether oxygens (including phenoxy) is 1. The van der Waals surface area contributed by atoms with Gasteiger partial charge in [-0.05, 0) is 39.0 Å². The summed E-state index contributed by atoms with van der Waals surface area (Å²) in [5.41, 5.74) is 2.28. The predicted octanol–water partition coefficient (Wildman–Crippen LogP) is 4.03. The molecule has 0 saturated heterocycles. The van der Waals surface area contributed by atoms with Crippen molar-refractivity contribution >= 4 is 34.5 Å². The molecule has 7 nitrogen and oxygen atoms in total. The van der Waals surface area contributed by atoms with Gasteiger partial charge in [0.25, 0.3) is 0 Å². The number of aryl methyl sites for hydroxylation is 1. The number of hydrogen-bond acceptors (Lipinski definition) is 5. The molecule has 0 bridgehead atoms. The van der Waals surface area contributed by atoms with Gasteiger partial charge in [0.15, 0.2) is 5.82 Å². The molecule has 0 aliphatic heterocycles. The monoisotopic (exact) mass is 359 g/mol. The van der Waals surface area contributed by atoms with Crippen LogP contribution in [0.15, 0.2) is 30.6 Å². The zero-order valence-electron chi connectivity index (χ0n) is 14.4. The van der Waals surface area contributed by atoms with Crippen molar-refractivity contribution < 1.29 is 9.53 Å². The number of fused-ring (bicyclic) bond motifs is 1. The maximum atomic E-state index is 12.0. The highest BCUT2D eigenvalue weighted by atomic mass is 35.5. The third-order valence-corrected chi connectivity index (χ3v) is 3.47. The van der Waals surface area contributed by atoms with E-state index in [1.165, 1.54) is 0 Å². The topological polar surface area (TPSA) is 81.9 Å². The van der Waals surface area contributed by atoms with Gasteiger partial charge in [-0.15, -0.1) is 0 Å². The van der Waals surface area contributed by atoms with Crippen LogP contribution in [0.1, 0.15) is 20.8 Å². The van der Waals surface area contributed by atoms with Crippen LogP contribution in [0, 0.1) is 0 Å². The van der Waals surface area contributed by atoms with Crippen LogP contribution < -0.4 is 5.32 Å². The Hall–Kier alpha value is -2.67. The molecule has 3 rings (SSSR count). The average Bonchev–Trinajstić information content (AvgIpc) is 2.84. The van der Waals surface area contributed by atoms with Crippen molar-refractivity contribution in [3.8, 4) is 11.1 Å². The summed E-state index contributed by atoms with van der Waals surface area (Å²) in [6, 6.07) is 5.35. The lowest BCUT2D eigenvalue weighted by atomic mass is 10.1. The van der Waals surface area contributed by atoms with Crippen molar-refractivity contribution in [2.45, 2.75) is 26.4 Å². The van der Waals surface area contributed by atoms with E-state index >= 15 is 0 Å². The largest absolute Gasteiger partial charge is 0.444 e. The Bertz CT molecular complexity index is 946. The predicted molar refractivity (Wildman–Crippen MR) is 96.6 cm³/mol. The van der Waals surface area contributed by atoms with Crippen LogP contribution in [0.3, 0.4) is 0 Å².